The second-order valence-corrected chi connectivity index (χ2v) is 4.48. The highest BCUT2D eigenvalue weighted by molar-refractivity contribution is 5.98. The van der Waals surface area contributed by atoms with Crippen molar-refractivity contribution in [1.82, 2.24) is 9.78 Å². The fraction of sp³-hybridized carbons (Fsp3) is 0.286. The quantitative estimate of drug-likeness (QED) is 0.815. The molecule has 0 fully saturated rings. The van der Waals surface area contributed by atoms with Gasteiger partial charge in [-0.15, -0.1) is 0 Å². The smallest absolute Gasteiger partial charge is 0.416 e. The SMILES string of the molecule is COc1cnn(C)c1C(=O)Cc1cccc(C(F)(F)F)c1. The van der Waals surface area contributed by atoms with Crippen molar-refractivity contribution in [3.8, 4) is 5.75 Å². The number of carbonyl (C=O) groups is 1. The minimum atomic E-state index is -4.43. The second-order valence-electron chi connectivity index (χ2n) is 4.48. The monoisotopic (exact) mass is 298 g/mol. The van der Waals surface area contributed by atoms with Crippen LogP contribution in [0.1, 0.15) is 21.6 Å². The second kappa shape index (κ2) is 5.59. The van der Waals surface area contributed by atoms with Crippen LogP contribution in [0.4, 0.5) is 13.2 Å². The number of ketones is 1. The zero-order valence-corrected chi connectivity index (χ0v) is 11.4. The van der Waals surface area contributed by atoms with Crippen LogP contribution >= 0.6 is 0 Å². The molecule has 0 saturated carbocycles. The topological polar surface area (TPSA) is 44.1 Å². The third-order valence-electron chi connectivity index (χ3n) is 3.01. The molecule has 0 radical (unpaired) electrons. The van der Waals surface area contributed by atoms with Crippen LogP contribution in [0.3, 0.4) is 0 Å². The summed E-state index contributed by atoms with van der Waals surface area (Å²) in [5.41, 5.74) is -0.252. The van der Waals surface area contributed by atoms with Crippen LogP contribution in [-0.2, 0) is 19.6 Å². The summed E-state index contributed by atoms with van der Waals surface area (Å²) in [6.45, 7) is 0. The van der Waals surface area contributed by atoms with Crippen molar-refractivity contribution in [2.24, 2.45) is 7.05 Å². The Balaban J connectivity index is 2.26. The van der Waals surface area contributed by atoms with Gasteiger partial charge >= 0.3 is 6.18 Å². The normalized spacial score (nSPS) is 11.5. The van der Waals surface area contributed by atoms with E-state index >= 15 is 0 Å². The molecule has 21 heavy (non-hydrogen) atoms. The fourth-order valence-corrected chi connectivity index (χ4v) is 2.01. The number of aryl methyl sites for hydroxylation is 1. The Bertz CT molecular complexity index is 662. The highest BCUT2D eigenvalue weighted by atomic mass is 19.4. The van der Waals surface area contributed by atoms with E-state index in [2.05, 4.69) is 5.10 Å². The van der Waals surface area contributed by atoms with Crippen LogP contribution in [0.2, 0.25) is 0 Å². The third-order valence-corrected chi connectivity index (χ3v) is 3.01. The van der Waals surface area contributed by atoms with E-state index in [1.807, 2.05) is 0 Å². The molecule has 2 rings (SSSR count). The van der Waals surface area contributed by atoms with Gasteiger partial charge in [-0.25, -0.2) is 0 Å². The number of alkyl halides is 3. The summed E-state index contributed by atoms with van der Waals surface area (Å²) in [7, 11) is 2.97. The van der Waals surface area contributed by atoms with Gasteiger partial charge in [0.15, 0.2) is 11.5 Å². The summed E-state index contributed by atoms with van der Waals surface area (Å²) in [6.07, 6.45) is -3.19. The predicted octanol–water partition coefficient (Wildman–Crippen LogP) is 2.87. The lowest BCUT2D eigenvalue weighted by Crippen LogP contribution is -2.12. The number of hydrogen-bond acceptors (Lipinski definition) is 3. The van der Waals surface area contributed by atoms with Gasteiger partial charge in [-0.2, -0.15) is 18.3 Å². The van der Waals surface area contributed by atoms with Crippen molar-refractivity contribution in [3.05, 3.63) is 47.3 Å². The number of methoxy groups -OCH3 is 1. The summed E-state index contributed by atoms with van der Waals surface area (Å²) < 4.78 is 44.3. The third kappa shape index (κ3) is 3.24. The van der Waals surface area contributed by atoms with Gasteiger partial charge in [0.1, 0.15) is 5.69 Å². The first-order valence-electron chi connectivity index (χ1n) is 6.08. The lowest BCUT2D eigenvalue weighted by atomic mass is 10.0. The van der Waals surface area contributed by atoms with Crippen LogP contribution in [0.25, 0.3) is 0 Å². The summed E-state index contributed by atoms with van der Waals surface area (Å²) in [5.74, 6) is -0.0550. The van der Waals surface area contributed by atoms with Crippen LogP contribution in [0, 0.1) is 0 Å². The lowest BCUT2D eigenvalue weighted by molar-refractivity contribution is -0.137. The number of hydrogen-bond donors (Lipinski definition) is 0. The van der Waals surface area contributed by atoms with E-state index in [4.69, 9.17) is 4.74 Å². The Morgan fingerprint density at radius 2 is 2.10 bits per heavy atom. The van der Waals surface area contributed by atoms with Gasteiger partial charge in [-0.05, 0) is 11.6 Å². The van der Waals surface area contributed by atoms with Crippen molar-refractivity contribution in [2.75, 3.05) is 7.11 Å². The van der Waals surface area contributed by atoms with Crippen LogP contribution in [0.5, 0.6) is 5.75 Å². The average Bonchev–Trinajstić information content (AvgIpc) is 2.79. The molecule has 1 heterocycles. The Morgan fingerprint density at radius 1 is 1.38 bits per heavy atom. The molecule has 0 aliphatic carbocycles. The van der Waals surface area contributed by atoms with E-state index in [1.165, 1.54) is 30.1 Å². The molecule has 0 spiro atoms. The first-order valence-corrected chi connectivity index (χ1v) is 6.08. The Kier molecular flexibility index (Phi) is 4.02. The average molecular weight is 298 g/mol. The van der Waals surface area contributed by atoms with Gasteiger partial charge in [0.25, 0.3) is 0 Å². The van der Waals surface area contributed by atoms with Crippen LogP contribution in [0.15, 0.2) is 30.5 Å². The summed E-state index contributed by atoms with van der Waals surface area (Å²) in [6, 6.07) is 4.71. The predicted molar refractivity (Wildman–Crippen MR) is 69.2 cm³/mol. The maximum Gasteiger partial charge on any atom is 0.416 e. The summed E-state index contributed by atoms with van der Waals surface area (Å²) in [4.78, 5) is 12.2. The highest BCUT2D eigenvalue weighted by Crippen LogP contribution is 2.30. The molecule has 1 aromatic carbocycles. The molecular weight excluding hydrogens is 285 g/mol. The number of ether oxygens (including phenoxy) is 1. The molecule has 0 aliphatic rings. The van der Waals surface area contributed by atoms with Gasteiger partial charge in [0.2, 0.25) is 0 Å². The molecule has 0 aliphatic heterocycles. The van der Waals surface area contributed by atoms with Crippen LogP contribution in [-0.4, -0.2) is 22.7 Å². The molecule has 112 valence electrons. The lowest BCUT2D eigenvalue weighted by Gasteiger charge is -2.09. The molecule has 0 amide bonds. The highest BCUT2D eigenvalue weighted by Gasteiger charge is 2.30. The largest absolute Gasteiger partial charge is 0.493 e. The first-order chi connectivity index (χ1) is 9.82. The van der Waals surface area contributed by atoms with Crippen molar-refractivity contribution in [1.29, 1.82) is 0 Å². The number of Topliss-reactive ketones (excluding diaryl/α,β-unsaturated/α-hetero) is 1. The minimum Gasteiger partial charge on any atom is -0.493 e. The number of aromatic nitrogens is 2. The first kappa shape index (κ1) is 15.1. The molecule has 0 unspecified atom stereocenters. The fourth-order valence-electron chi connectivity index (χ4n) is 2.01. The molecule has 2 aromatic rings. The van der Waals surface area contributed by atoms with Gasteiger partial charge in [0, 0.05) is 13.5 Å². The van der Waals surface area contributed by atoms with Gasteiger partial charge in [0.05, 0.1) is 18.9 Å². The van der Waals surface area contributed by atoms with Gasteiger partial charge < -0.3 is 4.74 Å². The van der Waals surface area contributed by atoms with Crippen molar-refractivity contribution >= 4 is 5.78 Å². The summed E-state index contributed by atoms with van der Waals surface area (Å²) in [5, 5.41) is 3.90. The van der Waals surface area contributed by atoms with E-state index in [0.717, 1.165) is 12.1 Å². The standard InChI is InChI=1S/C14H13F3N2O2/c1-19-13(12(21-2)8-18-19)11(20)7-9-4-3-5-10(6-9)14(15,16)17/h3-6,8H,7H2,1-2H3. The van der Waals surface area contributed by atoms with Gasteiger partial charge in [-0.1, -0.05) is 18.2 Å². The maximum atomic E-state index is 12.6. The molecule has 0 saturated heterocycles. The molecule has 1 aromatic heterocycles. The Labute approximate surface area is 119 Å². The molecule has 0 bridgehead atoms. The zero-order valence-electron chi connectivity index (χ0n) is 11.4. The molecule has 4 nitrogen and oxygen atoms in total. The number of benzene rings is 1. The molecular formula is C14H13F3N2O2. The summed E-state index contributed by atoms with van der Waals surface area (Å²) >= 11 is 0. The molecule has 7 heteroatoms. The van der Waals surface area contributed by atoms with Crippen molar-refractivity contribution in [3.63, 3.8) is 0 Å². The number of carbonyl (C=O) groups excluding carboxylic acids is 1. The number of halogens is 3. The van der Waals surface area contributed by atoms with Crippen LogP contribution < -0.4 is 4.74 Å². The minimum absolute atomic E-state index is 0.153. The number of rotatable bonds is 4. The van der Waals surface area contributed by atoms with Crippen molar-refractivity contribution < 1.29 is 22.7 Å². The van der Waals surface area contributed by atoms with E-state index in [9.17, 15) is 18.0 Å². The molecule has 0 atom stereocenters. The maximum absolute atomic E-state index is 12.6. The van der Waals surface area contributed by atoms with E-state index in [-0.39, 0.29) is 23.5 Å². The number of nitrogens with zero attached hydrogens (tertiary/aromatic N) is 2. The van der Waals surface area contributed by atoms with Gasteiger partial charge in [-0.3, -0.25) is 9.48 Å². The zero-order chi connectivity index (χ0) is 15.6. The Morgan fingerprint density at radius 3 is 2.71 bits per heavy atom. The van der Waals surface area contributed by atoms with Crippen molar-refractivity contribution in [2.45, 2.75) is 12.6 Å². The van der Waals surface area contributed by atoms with E-state index < -0.39 is 11.7 Å². The Hall–Kier alpha value is -2.31. The molecule has 0 N–H and O–H groups in total. The van der Waals surface area contributed by atoms with E-state index in [0.29, 0.717) is 5.75 Å². The van der Waals surface area contributed by atoms with E-state index in [1.54, 1.807) is 7.05 Å².